The minimum Gasteiger partial charge on any atom is -0.366 e. The number of aromatic nitrogens is 1. The van der Waals surface area contributed by atoms with Crippen LogP contribution in [0.2, 0.25) is 0 Å². The van der Waals surface area contributed by atoms with Crippen LogP contribution in [-0.4, -0.2) is 42.6 Å². The second kappa shape index (κ2) is 8.82. The highest BCUT2D eigenvalue weighted by Gasteiger charge is 2.34. The Balaban J connectivity index is 1.81. The molecule has 0 spiro atoms. The lowest BCUT2D eigenvalue weighted by molar-refractivity contribution is -0.146. The minimum absolute atomic E-state index is 0.0297. The fourth-order valence-electron chi connectivity index (χ4n) is 3.56. The van der Waals surface area contributed by atoms with Crippen molar-refractivity contribution in [1.82, 2.24) is 9.88 Å². The summed E-state index contributed by atoms with van der Waals surface area (Å²) in [6.07, 6.45) is 4.03. The summed E-state index contributed by atoms with van der Waals surface area (Å²) in [7, 11) is -3.83. The molecule has 0 radical (unpaired) electrons. The van der Waals surface area contributed by atoms with E-state index in [2.05, 4.69) is 10.3 Å². The molecule has 5 N–H and O–H groups in total. The van der Waals surface area contributed by atoms with Gasteiger partial charge >= 0.3 is 11.8 Å². The van der Waals surface area contributed by atoms with Crippen molar-refractivity contribution in [3.8, 4) is 0 Å². The Morgan fingerprint density at radius 2 is 1.81 bits per heavy atom. The number of carbonyl (C=O) groups excluding carboxylic acids is 3. The molecule has 1 saturated heterocycles. The molecule has 3 rings (SSSR count). The number of likely N-dealkylation sites (tertiary alicyclic amines) is 1. The van der Waals surface area contributed by atoms with E-state index in [1.54, 1.807) is 12.1 Å². The maximum atomic E-state index is 13.0. The molecule has 1 aromatic heterocycles. The first-order valence-corrected chi connectivity index (χ1v) is 11.1. The highest BCUT2D eigenvalue weighted by molar-refractivity contribution is 7.89. The molecule has 2 heterocycles. The maximum absolute atomic E-state index is 13.0. The molecular weight excluding hydrogens is 422 g/mol. The van der Waals surface area contributed by atoms with Crippen molar-refractivity contribution >= 4 is 33.4 Å². The SMILES string of the molecule is C[C@H]1CC[C@H](c2ccc(S(N)(=O)=O)cc2)N(C(=O)C(=O)Nc2cncc(C(N)=O)c2)C1. The van der Waals surface area contributed by atoms with E-state index < -0.39 is 27.7 Å². The number of primary amides is 1. The molecule has 11 heteroatoms. The highest BCUT2D eigenvalue weighted by atomic mass is 32.2. The zero-order chi connectivity index (χ0) is 22.8. The van der Waals surface area contributed by atoms with Gasteiger partial charge in [0.05, 0.1) is 28.4 Å². The number of nitrogens with two attached hydrogens (primary N) is 2. The number of amides is 3. The normalized spacial score (nSPS) is 19.0. The summed E-state index contributed by atoms with van der Waals surface area (Å²) >= 11 is 0. The molecule has 0 bridgehead atoms. The molecule has 1 fully saturated rings. The van der Waals surface area contributed by atoms with Crippen LogP contribution in [0.15, 0.2) is 47.6 Å². The third-order valence-electron chi connectivity index (χ3n) is 5.15. The molecule has 10 nitrogen and oxygen atoms in total. The average molecular weight is 446 g/mol. The zero-order valence-corrected chi connectivity index (χ0v) is 17.6. The second-order valence-electron chi connectivity index (χ2n) is 7.55. The predicted molar refractivity (Wildman–Crippen MR) is 112 cm³/mol. The van der Waals surface area contributed by atoms with Gasteiger partial charge in [-0.25, -0.2) is 13.6 Å². The first-order valence-electron chi connectivity index (χ1n) is 9.56. The number of anilines is 1. The van der Waals surface area contributed by atoms with Gasteiger partial charge in [-0.3, -0.25) is 19.4 Å². The van der Waals surface area contributed by atoms with Crippen molar-refractivity contribution in [3.63, 3.8) is 0 Å². The molecular formula is C20H23N5O5S. The first-order chi connectivity index (χ1) is 14.6. The van der Waals surface area contributed by atoms with E-state index in [9.17, 15) is 22.8 Å². The quantitative estimate of drug-likeness (QED) is 0.588. The second-order valence-corrected chi connectivity index (χ2v) is 9.11. The lowest BCUT2D eigenvalue weighted by Crippen LogP contribution is -2.46. The summed E-state index contributed by atoms with van der Waals surface area (Å²) in [5.41, 5.74) is 6.20. The third kappa shape index (κ3) is 5.25. The number of sulfonamides is 1. The van der Waals surface area contributed by atoms with Gasteiger partial charge in [0.25, 0.3) is 0 Å². The van der Waals surface area contributed by atoms with Gasteiger partial charge in [-0.2, -0.15) is 0 Å². The summed E-state index contributed by atoms with van der Waals surface area (Å²) in [6, 6.07) is 6.90. The fourth-order valence-corrected chi connectivity index (χ4v) is 4.08. The molecule has 3 amide bonds. The number of pyridine rings is 1. The number of primary sulfonamides is 1. The molecule has 0 saturated carbocycles. The van der Waals surface area contributed by atoms with Crippen LogP contribution in [0.5, 0.6) is 0 Å². The first kappa shape index (κ1) is 22.4. The Bertz CT molecular complexity index is 1120. The summed E-state index contributed by atoms with van der Waals surface area (Å²) in [4.78, 5) is 42.2. The van der Waals surface area contributed by atoms with Gasteiger partial charge in [0.2, 0.25) is 15.9 Å². The van der Waals surface area contributed by atoms with Crippen LogP contribution >= 0.6 is 0 Å². The lowest BCUT2D eigenvalue weighted by atomic mass is 9.90. The predicted octanol–water partition coefficient (Wildman–Crippen LogP) is 0.766. The maximum Gasteiger partial charge on any atom is 0.313 e. The smallest absolute Gasteiger partial charge is 0.313 e. The number of hydrogen-bond donors (Lipinski definition) is 3. The van der Waals surface area contributed by atoms with E-state index >= 15 is 0 Å². The van der Waals surface area contributed by atoms with Crippen molar-refractivity contribution in [2.75, 3.05) is 11.9 Å². The molecule has 164 valence electrons. The summed E-state index contributed by atoms with van der Waals surface area (Å²) in [5.74, 6) is -2.13. The Kier molecular flexibility index (Phi) is 6.37. The largest absolute Gasteiger partial charge is 0.366 e. The Morgan fingerprint density at radius 3 is 2.42 bits per heavy atom. The number of benzene rings is 1. The van der Waals surface area contributed by atoms with Gasteiger partial charge in [-0.1, -0.05) is 19.1 Å². The number of piperidine rings is 1. The van der Waals surface area contributed by atoms with Crippen LogP contribution in [0, 0.1) is 5.92 Å². The van der Waals surface area contributed by atoms with E-state index in [1.165, 1.54) is 35.5 Å². The topological polar surface area (TPSA) is 166 Å². The number of rotatable bonds is 4. The lowest BCUT2D eigenvalue weighted by Gasteiger charge is -2.38. The summed E-state index contributed by atoms with van der Waals surface area (Å²) < 4.78 is 23.0. The Hall–Kier alpha value is -3.31. The van der Waals surface area contributed by atoms with Crippen molar-refractivity contribution in [2.45, 2.75) is 30.7 Å². The molecule has 1 aliphatic heterocycles. The number of hydrogen-bond acceptors (Lipinski definition) is 6. The Labute approximate surface area is 179 Å². The van der Waals surface area contributed by atoms with Gasteiger partial charge < -0.3 is 16.0 Å². The van der Waals surface area contributed by atoms with E-state index in [-0.39, 0.29) is 28.1 Å². The van der Waals surface area contributed by atoms with Crippen LogP contribution in [-0.2, 0) is 19.6 Å². The highest BCUT2D eigenvalue weighted by Crippen LogP contribution is 2.34. The monoisotopic (exact) mass is 445 g/mol. The van der Waals surface area contributed by atoms with Gasteiger partial charge in [-0.05, 0) is 42.5 Å². The van der Waals surface area contributed by atoms with Gasteiger partial charge in [0, 0.05) is 12.7 Å². The molecule has 1 aliphatic rings. The number of nitrogens with one attached hydrogen (secondary N) is 1. The fraction of sp³-hybridized carbons (Fsp3) is 0.300. The van der Waals surface area contributed by atoms with E-state index in [0.29, 0.717) is 18.5 Å². The minimum atomic E-state index is -3.83. The van der Waals surface area contributed by atoms with Crippen LogP contribution in [0.25, 0.3) is 0 Å². The third-order valence-corrected chi connectivity index (χ3v) is 6.08. The molecule has 0 unspecified atom stereocenters. The van der Waals surface area contributed by atoms with Crippen LogP contribution < -0.4 is 16.2 Å². The zero-order valence-electron chi connectivity index (χ0n) is 16.8. The van der Waals surface area contributed by atoms with E-state index in [0.717, 1.165) is 6.42 Å². The average Bonchev–Trinajstić information content (AvgIpc) is 2.72. The van der Waals surface area contributed by atoms with Gasteiger partial charge in [0.1, 0.15) is 0 Å². The van der Waals surface area contributed by atoms with Gasteiger partial charge in [0.15, 0.2) is 0 Å². The molecule has 2 aromatic rings. The van der Waals surface area contributed by atoms with Crippen LogP contribution in [0.3, 0.4) is 0 Å². The summed E-state index contributed by atoms with van der Waals surface area (Å²) in [6.45, 7) is 2.35. The number of carbonyl (C=O) groups is 3. The molecule has 31 heavy (non-hydrogen) atoms. The molecule has 0 aliphatic carbocycles. The standard InChI is InChI=1S/C20H23N5O5S/c1-12-2-7-17(13-3-5-16(6-4-13)31(22,29)30)25(11-12)20(28)19(27)24-15-8-14(18(21)26)9-23-10-15/h3-6,8-10,12,17H,2,7,11H2,1H3,(H2,21,26)(H,24,27)(H2,22,29,30)/t12-,17+/m0/s1. The molecule has 1 aromatic carbocycles. The van der Waals surface area contributed by atoms with Crippen molar-refractivity contribution in [1.29, 1.82) is 0 Å². The molecule has 2 atom stereocenters. The van der Waals surface area contributed by atoms with Crippen molar-refractivity contribution < 1.29 is 22.8 Å². The number of nitrogens with zero attached hydrogens (tertiary/aromatic N) is 2. The van der Waals surface area contributed by atoms with E-state index in [4.69, 9.17) is 10.9 Å². The van der Waals surface area contributed by atoms with Crippen LogP contribution in [0.1, 0.15) is 41.7 Å². The van der Waals surface area contributed by atoms with Crippen molar-refractivity contribution in [2.24, 2.45) is 16.8 Å². The van der Waals surface area contributed by atoms with Gasteiger partial charge in [-0.15, -0.1) is 0 Å². The van der Waals surface area contributed by atoms with Crippen molar-refractivity contribution in [3.05, 3.63) is 53.9 Å². The summed E-state index contributed by atoms with van der Waals surface area (Å²) in [5, 5.41) is 7.60. The van der Waals surface area contributed by atoms with E-state index in [1.807, 2.05) is 6.92 Å². The Morgan fingerprint density at radius 1 is 1.13 bits per heavy atom. The van der Waals surface area contributed by atoms with Crippen LogP contribution in [0.4, 0.5) is 5.69 Å².